The van der Waals surface area contributed by atoms with Crippen molar-refractivity contribution >= 4 is 28.3 Å². The average molecular weight is 653 g/mol. The number of aromatic nitrogens is 1. The molecule has 2 amide bonds. The Morgan fingerprint density at radius 1 is 1.11 bits per heavy atom. The fraction of sp³-hybridized carbons (Fsp3) is 0.686. The Morgan fingerprint density at radius 2 is 1.83 bits per heavy atom. The molecule has 6 atom stereocenters. The number of ether oxygens (including phenoxy) is 1. The molecule has 3 heterocycles. The molecule has 2 aliphatic carbocycles. The lowest BCUT2D eigenvalue weighted by atomic mass is 9.53. The molecule has 3 N–H and O–H groups in total. The van der Waals surface area contributed by atoms with Gasteiger partial charge in [0, 0.05) is 81.2 Å². The standard InChI is InChI=1S/C35H52N6O4S/c1-23(32(43)36-11-12-40-17-19-45-20-18-40)27-9-10-35(3)21-28-30(24(2)29(35)31(27)42)37-34(46-28)38-33(44)26-7-5-25(6-8-26)22-41-15-13-39(4)14-16-41/h5-8,23-24,27,29,31,42H,9-22H2,1-4H3,(H,36,43)(H,37,38,44)/t23-,24-,27?,29+,31-,35-/m0/s1. The molecule has 1 saturated carbocycles. The van der Waals surface area contributed by atoms with Crippen molar-refractivity contribution < 1.29 is 19.4 Å². The minimum absolute atomic E-state index is 0.000786. The third kappa shape index (κ3) is 7.34. The van der Waals surface area contributed by atoms with Gasteiger partial charge in [-0.1, -0.05) is 32.9 Å². The Kier molecular flexibility index (Phi) is 10.5. The Morgan fingerprint density at radius 3 is 2.54 bits per heavy atom. The van der Waals surface area contributed by atoms with E-state index in [1.54, 1.807) is 11.3 Å². The summed E-state index contributed by atoms with van der Waals surface area (Å²) in [5.74, 6) is -0.462. The highest BCUT2D eigenvalue weighted by molar-refractivity contribution is 7.15. The van der Waals surface area contributed by atoms with E-state index in [0.717, 1.165) is 90.5 Å². The number of fused-ring (bicyclic) bond motifs is 2. The highest BCUT2D eigenvalue weighted by Gasteiger charge is 2.54. The Labute approximate surface area is 277 Å². The van der Waals surface area contributed by atoms with Crippen LogP contribution in [0.4, 0.5) is 5.13 Å². The minimum atomic E-state index is -0.592. The lowest BCUT2D eigenvalue weighted by Crippen LogP contribution is -2.53. The number of hydrogen-bond acceptors (Lipinski definition) is 9. The summed E-state index contributed by atoms with van der Waals surface area (Å²) < 4.78 is 5.42. The fourth-order valence-corrected chi connectivity index (χ4v) is 9.57. The molecule has 4 aliphatic rings. The molecular formula is C35H52N6O4S. The van der Waals surface area contributed by atoms with Crippen LogP contribution in [-0.4, -0.2) is 115 Å². The molecule has 1 aromatic carbocycles. The van der Waals surface area contributed by atoms with Crippen LogP contribution >= 0.6 is 11.3 Å². The van der Waals surface area contributed by atoms with Gasteiger partial charge < -0.3 is 20.1 Å². The summed E-state index contributed by atoms with van der Waals surface area (Å²) in [5.41, 5.74) is 2.74. The summed E-state index contributed by atoms with van der Waals surface area (Å²) in [6.45, 7) is 16.3. The number of nitrogens with zero attached hydrogens (tertiary/aromatic N) is 4. The van der Waals surface area contributed by atoms with Crippen molar-refractivity contribution in [2.45, 2.75) is 58.6 Å². The van der Waals surface area contributed by atoms with Crippen molar-refractivity contribution in [3.8, 4) is 0 Å². The SMILES string of the molecule is C[C@H](C(=O)NCCN1CCOCC1)C1CC[C@@]2(C)Cc3sc(NC(=O)c4ccc(CN5CCN(C)CC5)cc4)nc3[C@@H](C)[C@@H]2[C@H]1O. The fourth-order valence-electron chi connectivity index (χ4n) is 8.31. The quantitative estimate of drug-likeness (QED) is 0.379. The summed E-state index contributed by atoms with van der Waals surface area (Å²) in [5, 5.41) is 18.6. The van der Waals surface area contributed by atoms with Gasteiger partial charge in [-0.25, -0.2) is 4.98 Å². The number of piperazine rings is 1. The number of benzene rings is 1. The first-order valence-electron chi connectivity index (χ1n) is 17.2. The van der Waals surface area contributed by atoms with E-state index in [1.165, 1.54) is 10.4 Å². The van der Waals surface area contributed by atoms with Crippen molar-refractivity contribution in [2.24, 2.45) is 23.2 Å². The number of anilines is 1. The number of thiazole rings is 1. The van der Waals surface area contributed by atoms with E-state index < -0.39 is 6.10 Å². The smallest absolute Gasteiger partial charge is 0.257 e. The van der Waals surface area contributed by atoms with Crippen LogP contribution < -0.4 is 10.6 Å². The van der Waals surface area contributed by atoms with Gasteiger partial charge in [0.1, 0.15) is 0 Å². The zero-order valence-electron chi connectivity index (χ0n) is 28.0. The largest absolute Gasteiger partial charge is 0.392 e. The summed E-state index contributed by atoms with van der Waals surface area (Å²) >= 11 is 1.57. The molecule has 6 rings (SSSR count). The van der Waals surface area contributed by atoms with Crippen LogP contribution in [0, 0.1) is 23.2 Å². The summed E-state index contributed by atoms with van der Waals surface area (Å²) in [7, 11) is 2.16. The number of carbonyl (C=O) groups is 2. The van der Waals surface area contributed by atoms with E-state index in [2.05, 4.69) is 58.4 Å². The maximum Gasteiger partial charge on any atom is 0.257 e. The van der Waals surface area contributed by atoms with Gasteiger partial charge in [-0.3, -0.25) is 24.7 Å². The molecule has 2 aliphatic heterocycles. The molecule has 0 spiro atoms. The van der Waals surface area contributed by atoms with Crippen molar-refractivity contribution in [3.63, 3.8) is 0 Å². The molecule has 11 heteroatoms. The summed E-state index contributed by atoms with van der Waals surface area (Å²) in [6.07, 6.45) is 2.01. The van der Waals surface area contributed by atoms with E-state index in [-0.39, 0.29) is 40.9 Å². The number of hydrogen-bond donors (Lipinski definition) is 3. The van der Waals surface area contributed by atoms with Crippen LogP contribution in [0.2, 0.25) is 0 Å². The maximum atomic E-state index is 13.2. The zero-order chi connectivity index (χ0) is 32.4. The monoisotopic (exact) mass is 652 g/mol. The highest BCUT2D eigenvalue weighted by Crippen LogP contribution is 2.57. The Balaban J connectivity index is 1.06. The molecule has 1 aromatic heterocycles. The molecule has 0 bridgehead atoms. The van der Waals surface area contributed by atoms with E-state index in [4.69, 9.17) is 9.72 Å². The zero-order valence-corrected chi connectivity index (χ0v) is 28.8. The second-order valence-corrected chi connectivity index (χ2v) is 15.5. The first-order chi connectivity index (χ1) is 22.1. The number of rotatable bonds is 9. The number of nitrogens with one attached hydrogen (secondary N) is 2. The van der Waals surface area contributed by atoms with Gasteiger partial charge in [0.15, 0.2) is 5.13 Å². The van der Waals surface area contributed by atoms with Gasteiger partial charge in [-0.15, -0.1) is 11.3 Å². The molecule has 2 aromatic rings. The Hall–Kier alpha value is -2.41. The van der Waals surface area contributed by atoms with Crippen molar-refractivity contribution in [1.29, 1.82) is 0 Å². The topological polar surface area (TPSA) is 110 Å². The molecule has 252 valence electrons. The number of likely N-dealkylation sites (N-methyl/N-ethyl adjacent to an activating group) is 1. The third-order valence-electron chi connectivity index (χ3n) is 11.2. The number of amides is 2. The van der Waals surface area contributed by atoms with Crippen LogP contribution in [-0.2, 0) is 22.5 Å². The molecule has 10 nitrogen and oxygen atoms in total. The van der Waals surface area contributed by atoms with E-state index >= 15 is 0 Å². The van der Waals surface area contributed by atoms with E-state index in [1.807, 2.05) is 19.1 Å². The number of aliphatic hydroxyl groups excluding tert-OH is 1. The van der Waals surface area contributed by atoms with Gasteiger partial charge in [0.25, 0.3) is 5.91 Å². The van der Waals surface area contributed by atoms with Gasteiger partial charge in [0.05, 0.1) is 25.0 Å². The average Bonchev–Trinajstić information content (AvgIpc) is 3.44. The number of carbonyl (C=O) groups excluding carboxylic acids is 2. The molecule has 3 fully saturated rings. The van der Waals surface area contributed by atoms with Gasteiger partial charge in [0.2, 0.25) is 5.91 Å². The minimum Gasteiger partial charge on any atom is -0.392 e. The lowest BCUT2D eigenvalue weighted by Gasteiger charge is -2.53. The second-order valence-electron chi connectivity index (χ2n) is 14.4. The maximum absolute atomic E-state index is 13.2. The molecule has 46 heavy (non-hydrogen) atoms. The summed E-state index contributed by atoms with van der Waals surface area (Å²) in [4.78, 5) is 39.6. The highest BCUT2D eigenvalue weighted by atomic mass is 32.1. The number of morpholine rings is 1. The van der Waals surface area contributed by atoms with E-state index in [0.29, 0.717) is 17.2 Å². The summed E-state index contributed by atoms with van der Waals surface area (Å²) in [6, 6.07) is 7.92. The predicted octanol–water partition coefficient (Wildman–Crippen LogP) is 3.28. The van der Waals surface area contributed by atoms with Crippen molar-refractivity contribution in [1.82, 2.24) is 25.0 Å². The van der Waals surface area contributed by atoms with Gasteiger partial charge in [-0.2, -0.15) is 0 Å². The normalized spacial score (nSPS) is 29.8. The number of aliphatic hydroxyl groups is 1. The first-order valence-corrected chi connectivity index (χ1v) is 18.0. The second kappa shape index (κ2) is 14.4. The van der Waals surface area contributed by atoms with Crippen LogP contribution in [0.15, 0.2) is 24.3 Å². The van der Waals surface area contributed by atoms with Crippen molar-refractivity contribution in [2.75, 3.05) is 77.9 Å². The van der Waals surface area contributed by atoms with Crippen LogP contribution in [0.5, 0.6) is 0 Å². The molecule has 2 saturated heterocycles. The third-order valence-corrected chi connectivity index (χ3v) is 12.2. The van der Waals surface area contributed by atoms with E-state index in [9.17, 15) is 14.7 Å². The molecular weight excluding hydrogens is 600 g/mol. The van der Waals surface area contributed by atoms with Crippen LogP contribution in [0.3, 0.4) is 0 Å². The molecule has 0 radical (unpaired) electrons. The van der Waals surface area contributed by atoms with Crippen molar-refractivity contribution in [3.05, 3.63) is 46.0 Å². The van der Waals surface area contributed by atoms with Crippen LogP contribution in [0.25, 0.3) is 0 Å². The van der Waals surface area contributed by atoms with Crippen LogP contribution in [0.1, 0.15) is 66.0 Å². The first kappa shape index (κ1) is 33.5. The molecule has 1 unspecified atom stereocenters. The van der Waals surface area contributed by atoms with Gasteiger partial charge >= 0.3 is 0 Å². The lowest BCUT2D eigenvalue weighted by molar-refractivity contribution is -0.134. The van der Waals surface area contributed by atoms with Gasteiger partial charge in [-0.05, 0) is 61.3 Å². The Bertz CT molecular complexity index is 1360. The predicted molar refractivity (Wildman–Crippen MR) is 181 cm³/mol.